The Kier molecular flexibility index (Phi) is 5.17. The molecule has 3 heteroatoms. The molecule has 0 saturated heterocycles. The summed E-state index contributed by atoms with van der Waals surface area (Å²) in [6, 6.07) is 10.8. The molecule has 0 aliphatic heterocycles. The largest absolute Gasteiger partial charge is 0.377 e. The van der Waals surface area contributed by atoms with Gasteiger partial charge in [-0.2, -0.15) is 0 Å². The van der Waals surface area contributed by atoms with Gasteiger partial charge in [-0.15, -0.1) is 0 Å². The van der Waals surface area contributed by atoms with Gasteiger partial charge < -0.3 is 4.74 Å². The van der Waals surface area contributed by atoms with Gasteiger partial charge in [0.25, 0.3) is 0 Å². The van der Waals surface area contributed by atoms with Crippen LogP contribution in [-0.2, 0) is 11.2 Å². The summed E-state index contributed by atoms with van der Waals surface area (Å²) in [5, 5.41) is 0. The number of nitrogens with two attached hydrogens (primary N) is 1. The molecule has 0 heterocycles. The molecule has 0 bridgehead atoms. The number of hydrogen-bond donors (Lipinski definition) is 2. The van der Waals surface area contributed by atoms with Crippen LogP contribution in [0.3, 0.4) is 0 Å². The highest BCUT2D eigenvalue weighted by Crippen LogP contribution is 2.36. The number of hydrazine groups is 1. The van der Waals surface area contributed by atoms with Crippen molar-refractivity contribution in [1.29, 1.82) is 0 Å². The standard InChI is InChI=1S/C15H24N2O/c1-2-18-15(13-9-10-13)14(17-16)11-8-12-6-4-3-5-7-12/h3-7,13-15,17H,2,8-11,16H2,1H3. The molecule has 1 aromatic carbocycles. The molecule has 2 atom stereocenters. The molecule has 0 spiro atoms. The van der Waals surface area contributed by atoms with Gasteiger partial charge in [0.15, 0.2) is 0 Å². The summed E-state index contributed by atoms with van der Waals surface area (Å²) in [5.74, 6) is 6.41. The molecule has 2 unspecified atom stereocenters. The topological polar surface area (TPSA) is 47.3 Å². The van der Waals surface area contributed by atoms with Crippen LogP contribution in [0, 0.1) is 5.92 Å². The van der Waals surface area contributed by atoms with Crippen molar-refractivity contribution in [3.63, 3.8) is 0 Å². The number of ether oxygens (including phenoxy) is 1. The van der Waals surface area contributed by atoms with Gasteiger partial charge in [0.2, 0.25) is 0 Å². The molecule has 0 aromatic heterocycles. The predicted octanol–water partition coefficient (Wildman–Crippen LogP) is 2.27. The number of rotatable bonds is 8. The fraction of sp³-hybridized carbons (Fsp3) is 0.600. The predicted molar refractivity (Wildman–Crippen MR) is 74.0 cm³/mol. The van der Waals surface area contributed by atoms with Crippen molar-refractivity contribution < 1.29 is 4.74 Å². The van der Waals surface area contributed by atoms with Crippen LogP contribution in [0.2, 0.25) is 0 Å². The third kappa shape index (κ3) is 3.80. The van der Waals surface area contributed by atoms with Gasteiger partial charge >= 0.3 is 0 Å². The summed E-state index contributed by atoms with van der Waals surface area (Å²) in [7, 11) is 0. The molecule has 3 nitrogen and oxygen atoms in total. The molecule has 1 aliphatic carbocycles. The lowest BCUT2D eigenvalue weighted by atomic mass is 9.99. The van der Waals surface area contributed by atoms with Crippen molar-refractivity contribution in [3.8, 4) is 0 Å². The van der Waals surface area contributed by atoms with Crippen LogP contribution < -0.4 is 11.3 Å². The van der Waals surface area contributed by atoms with E-state index in [0.29, 0.717) is 5.92 Å². The molecule has 18 heavy (non-hydrogen) atoms. The summed E-state index contributed by atoms with van der Waals surface area (Å²) in [6.45, 7) is 2.82. The molecule has 1 saturated carbocycles. The summed E-state index contributed by atoms with van der Waals surface area (Å²) < 4.78 is 5.86. The average Bonchev–Trinajstić information content (AvgIpc) is 3.23. The van der Waals surface area contributed by atoms with E-state index >= 15 is 0 Å². The summed E-state index contributed by atoms with van der Waals surface area (Å²) in [6.07, 6.45) is 4.93. The number of benzene rings is 1. The fourth-order valence-corrected chi connectivity index (χ4v) is 2.51. The maximum atomic E-state index is 5.86. The molecule has 1 fully saturated rings. The molecule has 3 N–H and O–H groups in total. The Morgan fingerprint density at radius 2 is 2.06 bits per heavy atom. The van der Waals surface area contributed by atoms with Crippen molar-refractivity contribution >= 4 is 0 Å². The van der Waals surface area contributed by atoms with Gasteiger partial charge in [-0.1, -0.05) is 30.3 Å². The number of aryl methyl sites for hydroxylation is 1. The molecular formula is C15H24N2O. The minimum Gasteiger partial charge on any atom is -0.377 e. The molecule has 1 aromatic rings. The van der Waals surface area contributed by atoms with Crippen molar-refractivity contribution in [2.45, 2.75) is 44.8 Å². The van der Waals surface area contributed by atoms with Crippen LogP contribution in [-0.4, -0.2) is 18.8 Å². The monoisotopic (exact) mass is 248 g/mol. The van der Waals surface area contributed by atoms with E-state index in [1.807, 2.05) is 0 Å². The quantitative estimate of drug-likeness (QED) is 0.548. The van der Waals surface area contributed by atoms with Crippen LogP contribution in [0.1, 0.15) is 31.7 Å². The Morgan fingerprint density at radius 1 is 1.33 bits per heavy atom. The highest BCUT2D eigenvalue weighted by Gasteiger charge is 2.36. The Bertz CT molecular complexity index is 338. The van der Waals surface area contributed by atoms with Crippen LogP contribution >= 0.6 is 0 Å². The van der Waals surface area contributed by atoms with Crippen molar-refractivity contribution in [2.24, 2.45) is 11.8 Å². The maximum Gasteiger partial charge on any atom is 0.0769 e. The zero-order valence-electron chi connectivity index (χ0n) is 11.1. The van der Waals surface area contributed by atoms with Crippen LogP contribution in [0.25, 0.3) is 0 Å². The lowest BCUT2D eigenvalue weighted by Crippen LogP contribution is -2.46. The van der Waals surface area contributed by atoms with Gasteiger partial charge in [0.1, 0.15) is 0 Å². The Morgan fingerprint density at radius 3 is 2.61 bits per heavy atom. The van der Waals surface area contributed by atoms with Gasteiger partial charge in [0, 0.05) is 12.6 Å². The van der Waals surface area contributed by atoms with E-state index in [-0.39, 0.29) is 12.1 Å². The second-order valence-electron chi connectivity index (χ2n) is 5.05. The minimum absolute atomic E-state index is 0.262. The van der Waals surface area contributed by atoms with Crippen LogP contribution in [0.15, 0.2) is 30.3 Å². The van der Waals surface area contributed by atoms with E-state index in [1.54, 1.807) is 0 Å². The minimum atomic E-state index is 0.262. The SMILES string of the molecule is CCOC(C1CC1)C(CCc1ccccc1)NN. The molecule has 0 radical (unpaired) electrons. The van der Waals surface area contributed by atoms with E-state index in [9.17, 15) is 0 Å². The highest BCUT2D eigenvalue weighted by atomic mass is 16.5. The van der Waals surface area contributed by atoms with Crippen LogP contribution in [0.5, 0.6) is 0 Å². The summed E-state index contributed by atoms with van der Waals surface area (Å²) in [4.78, 5) is 0. The van der Waals surface area contributed by atoms with E-state index in [1.165, 1.54) is 18.4 Å². The summed E-state index contributed by atoms with van der Waals surface area (Å²) >= 11 is 0. The number of nitrogens with one attached hydrogen (secondary N) is 1. The summed E-state index contributed by atoms with van der Waals surface area (Å²) in [5.41, 5.74) is 4.32. The average molecular weight is 248 g/mol. The molecule has 1 aliphatic rings. The smallest absolute Gasteiger partial charge is 0.0769 e. The molecule has 2 rings (SSSR count). The number of hydrogen-bond acceptors (Lipinski definition) is 3. The van der Waals surface area contributed by atoms with Gasteiger partial charge in [-0.25, -0.2) is 0 Å². The third-order valence-electron chi connectivity index (χ3n) is 3.64. The Balaban J connectivity index is 1.87. The van der Waals surface area contributed by atoms with Gasteiger partial charge in [0.05, 0.1) is 6.10 Å². The van der Waals surface area contributed by atoms with E-state index in [0.717, 1.165) is 19.4 Å². The second-order valence-corrected chi connectivity index (χ2v) is 5.05. The van der Waals surface area contributed by atoms with Crippen LogP contribution in [0.4, 0.5) is 0 Å². The first-order valence-corrected chi connectivity index (χ1v) is 6.96. The normalized spacial score (nSPS) is 18.6. The van der Waals surface area contributed by atoms with Crippen molar-refractivity contribution in [1.82, 2.24) is 5.43 Å². The first-order chi connectivity index (χ1) is 8.85. The first kappa shape index (κ1) is 13.5. The maximum absolute atomic E-state index is 5.86. The Labute approximate surface area is 110 Å². The lowest BCUT2D eigenvalue weighted by molar-refractivity contribution is 0.0170. The second kappa shape index (κ2) is 6.88. The highest BCUT2D eigenvalue weighted by molar-refractivity contribution is 5.15. The fourth-order valence-electron chi connectivity index (χ4n) is 2.51. The zero-order chi connectivity index (χ0) is 12.8. The molecular weight excluding hydrogens is 224 g/mol. The zero-order valence-corrected chi connectivity index (χ0v) is 11.1. The molecule has 100 valence electrons. The van der Waals surface area contributed by atoms with E-state index in [4.69, 9.17) is 10.6 Å². The van der Waals surface area contributed by atoms with E-state index < -0.39 is 0 Å². The lowest BCUT2D eigenvalue weighted by Gasteiger charge is -2.26. The van der Waals surface area contributed by atoms with Crippen molar-refractivity contribution in [3.05, 3.63) is 35.9 Å². The Hall–Kier alpha value is -0.900. The van der Waals surface area contributed by atoms with Gasteiger partial charge in [-0.3, -0.25) is 11.3 Å². The third-order valence-corrected chi connectivity index (χ3v) is 3.64. The molecule has 0 amide bonds. The van der Waals surface area contributed by atoms with E-state index in [2.05, 4.69) is 42.7 Å². The van der Waals surface area contributed by atoms with Gasteiger partial charge in [-0.05, 0) is 44.1 Å². The van der Waals surface area contributed by atoms with Crippen molar-refractivity contribution in [2.75, 3.05) is 6.61 Å². The first-order valence-electron chi connectivity index (χ1n) is 6.96.